The molecule has 162 valence electrons. The van der Waals surface area contributed by atoms with Gasteiger partial charge in [0.1, 0.15) is 0 Å². The summed E-state index contributed by atoms with van der Waals surface area (Å²) in [7, 11) is 1.90. The van der Waals surface area contributed by atoms with Crippen molar-refractivity contribution in [2.24, 2.45) is 5.41 Å². The highest BCUT2D eigenvalue weighted by atomic mass is 19.4. The molecule has 2 heterocycles. The number of aliphatic carboxylic acids is 1. The lowest BCUT2D eigenvalue weighted by Gasteiger charge is -2.31. The third-order valence-electron chi connectivity index (χ3n) is 5.18. The second-order valence-electron chi connectivity index (χ2n) is 7.92. The van der Waals surface area contributed by atoms with E-state index in [1.54, 1.807) is 0 Å². The van der Waals surface area contributed by atoms with E-state index >= 15 is 0 Å². The minimum absolute atomic E-state index is 0.0277. The molecular formula is C20H27F3N2O4. The number of carbonyl (C=O) groups excluding carboxylic acids is 1. The number of rotatable bonds is 2. The number of alkyl halides is 3. The average molecular weight is 416 g/mol. The van der Waals surface area contributed by atoms with Gasteiger partial charge in [-0.2, -0.15) is 13.2 Å². The van der Waals surface area contributed by atoms with Crippen molar-refractivity contribution in [2.45, 2.75) is 33.0 Å². The first-order valence-electron chi connectivity index (χ1n) is 9.32. The number of hydrogen-bond acceptors (Lipinski definition) is 4. The molecule has 0 radical (unpaired) electrons. The smallest absolute Gasteiger partial charge is 0.475 e. The molecule has 0 bridgehead atoms. The van der Waals surface area contributed by atoms with Crippen molar-refractivity contribution in [2.75, 3.05) is 39.9 Å². The number of carbonyl (C=O) groups is 2. The van der Waals surface area contributed by atoms with Gasteiger partial charge in [0.15, 0.2) is 0 Å². The van der Waals surface area contributed by atoms with E-state index < -0.39 is 12.1 Å². The molecule has 0 saturated carbocycles. The highest BCUT2D eigenvalue weighted by Crippen LogP contribution is 2.34. The summed E-state index contributed by atoms with van der Waals surface area (Å²) in [4.78, 5) is 25.2. The van der Waals surface area contributed by atoms with E-state index in [4.69, 9.17) is 14.6 Å². The molecule has 29 heavy (non-hydrogen) atoms. The molecule has 2 saturated heterocycles. The van der Waals surface area contributed by atoms with Gasteiger partial charge < -0.3 is 14.7 Å². The summed E-state index contributed by atoms with van der Waals surface area (Å²) in [6.07, 6.45) is -4.47. The van der Waals surface area contributed by atoms with E-state index in [1.807, 2.05) is 11.9 Å². The van der Waals surface area contributed by atoms with E-state index in [1.165, 1.54) is 16.7 Å². The second-order valence-corrected chi connectivity index (χ2v) is 7.92. The Morgan fingerprint density at radius 3 is 2.48 bits per heavy atom. The topological polar surface area (TPSA) is 70.1 Å². The van der Waals surface area contributed by atoms with E-state index in [9.17, 15) is 18.0 Å². The SMILES string of the molecule is Cc1ccc(C)c(CN2CCOCC3(CC(=O)N(C)C3)C2)c1.O=C(O)C(F)(F)F. The maximum absolute atomic E-state index is 12.0. The molecule has 6 nitrogen and oxygen atoms in total. The van der Waals surface area contributed by atoms with E-state index in [-0.39, 0.29) is 11.3 Å². The lowest BCUT2D eigenvalue weighted by atomic mass is 9.87. The van der Waals surface area contributed by atoms with Crippen LogP contribution in [0.5, 0.6) is 0 Å². The van der Waals surface area contributed by atoms with Gasteiger partial charge in [0, 0.05) is 45.1 Å². The van der Waals surface area contributed by atoms with Crippen molar-refractivity contribution >= 4 is 11.9 Å². The summed E-state index contributed by atoms with van der Waals surface area (Å²) < 4.78 is 37.6. The maximum Gasteiger partial charge on any atom is 0.490 e. The number of ether oxygens (including phenoxy) is 1. The van der Waals surface area contributed by atoms with Crippen LogP contribution in [0.4, 0.5) is 13.2 Å². The average Bonchev–Trinajstić information content (AvgIpc) is 2.76. The molecule has 1 amide bonds. The van der Waals surface area contributed by atoms with Gasteiger partial charge in [-0.1, -0.05) is 23.8 Å². The fraction of sp³-hybridized carbons (Fsp3) is 0.600. The van der Waals surface area contributed by atoms with Crippen LogP contribution in [0.25, 0.3) is 0 Å². The molecule has 1 unspecified atom stereocenters. The summed E-state index contributed by atoms with van der Waals surface area (Å²) in [6, 6.07) is 6.64. The quantitative estimate of drug-likeness (QED) is 0.803. The highest BCUT2D eigenvalue weighted by Gasteiger charge is 2.44. The zero-order valence-corrected chi connectivity index (χ0v) is 16.9. The maximum atomic E-state index is 12.0. The summed E-state index contributed by atoms with van der Waals surface area (Å²) in [5.41, 5.74) is 4.00. The number of nitrogens with zero attached hydrogens (tertiary/aromatic N) is 2. The Bertz CT molecular complexity index is 754. The van der Waals surface area contributed by atoms with Crippen LogP contribution in [0.3, 0.4) is 0 Å². The summed E-state index contributed by atoms with van der Waals surface area (Å²) in [5, 5.41) is 7.12. The summed E-state index contributed by atoms with van der Waals surface area (Å²) >= 11 is 0. The van der Waals surface area contributed by atoms with E-state index in [0.29, 0.717) is 13.0 Å². The number of amides is 1. The molecule has 3 rings (SSSR count). The third kappa shape index (κ3) is 6.43. The van der Waals surface area contributed by atoms with Crippen molar-refractivity contribution < 1.29 is 32.6 Å². The first kappa shape index (κ1) is 23.2. The van der Waals surface area contributed by atoms with Crippen LogP contribution >= 0.6 is 0 Å². The molecule has 1 atom stereocenters. The Kier molecular flexibility index (Phi) is 7.29. The molecule has 2 fully saturated rings. The largest absolute Gasteiger partial charge is 0.490 e. The van der Waals surface area contributed by atoms with Gasteiger partial charge in [0.25, 0.3) is 0 Å². The fourth-order valence-electron chi connectivity index (χ4n) is 3.73. The zero-order chi connectivity index (χ0) is 21.8. The predicted molar refractivity (Wildman–Crippen MR) is 100 cm³/mol. The Hall–Kier alpha value is -2.13. The van der Waals surface area contributed by atoms with Gasteiger partial charge >= 0.3 is 12.1 Å². The van der Waals surface area contributed by atoms with Crippen molar-refractivity contribution in [1.29, 1.82) is 0 Å². The third-order valence-corrected chi connectivity index (χ3v) is 5.18. The van der Waals surface area contributed by atoms with Gasteiger partial charge in [-0.15, -0.1) is 0 Å². The van der Waals surface area contributed by atoms with Crippen molar-refractivity contribution in [3.8, 4) is 0 Å². The van der Waals surface area contributed by atoms with Gasteiger partial charge in [-0.3, -0.25) is 9.69 Å². The van der Waals surface area contributed by atoms with E-state index in [0.717, 1.165) is 32.8 Å². The van der Waals surface area contributed by atoms with Gasteiger partial charge in [0.2, 0.25) is 5.91 Å². The lowest BCUT2D eigenvalue weighted by molar-refractivity contribution is -0.192. The van der Waals surface area contributed by atoms with Crippen LogP contribution in [0.2, 0.25) is 0 Å². The Balaban J connectivity index is 0.000000370. The normalized spacial score (nSPS) is 23.0. The monoisotopic (exact) mass is 416 g/mol. The number of likely N-dealkylation sites (tertiary alicyclic amines) is 1. The fourth-order valence-corrected chi connectivity index (χ4v) is 3.73. The van der Waals surface area contributed by atoms with Gasteiger partial charge in [-0.05, 0) is 25.0 Å². The van der Waals surface area contributed by atoms with Crippen LogP contribution in [-0.4, -0.2) is 72.9 Å². The number of halogens is 3. The standard InChI is InChI=1S/C18H26N2O2.C2HF3O2/c1-14-4-5-15(2)16(8-14)10-20-6-7-22-13-18(12-20)9-17(21)19(3)11-18;3-2(4,5)1(6)7/h4-5,8H,6-7,9-13H2,1-3H3;(H,6,7). The summed E-state index contributed by atoms with van der Waals surface area (Å²) in [6.45, 7) is 9.40. The molecule has 1 N–H and O–H groups in total. The lowest BCUT2D eigenvalue weighted by Crippen LogP contribution is -2.40. The number of aryl methyl sites for hydroxylation is 2. The van der Waals surface area contributed by atoms with Gasteiger partial charge in [0.05, 0.1) is 13.2 Å². The minimum Gasteiger partial charge on any atom is -0.475 e. The first-order chi connectivity index (χ1) is 13.4. The second kappa shape index (κ2) is 9.13. The van der Waals surface area contributed by atoms with E-state index in [2.05, 4.69) is 36.9 Å². The van der Waals surface area contributed by atoms with Crippen molar-refractivity contribution in [3.63, 3.8) is 0 Å². The van der Waals surface area contributed by atoms with Crippen LogP contribution in [0, 0.1) is 19.3 Å². The molecule has 0 aromatic heterocycles. The van der Waals surface area contributed by atoms with Crippen LogP contribution in [-0.2, 0) is 20.9 Å². The molecule has 0 aliphatic carbocycles. The Morgan fingerprint density at radius 2 is 1.93 bits per heavy atom. The highest BCUT2D eigenvalue weighted by molar-refractivity contribution is 5.79. The molecule has 1 spiro atoms. The summed E-state index contributed by atoms with van der Waals surface area (Å²) in [5.74, 6) is -2.51. The minimum atomic E-state index is -5.08. The Labute approximate surface area is 168 Å². The Morgan fingerprint density at radius 1 is 1.28 bits per heavy atom. The number of carboxylic acid groups (broad SMARTS) is 1. The van der Waals surface area contributed by atoms with Crippen LogP contribution < -0.4 is 0 Å². The number of hydrogen-bond donors (Lipinski definition) is 1. The van der Waals surface area contributed by atoms with Crippen LogP contribution in [0.1, 0.15) is 23.1 Å². The first-order valence-corrected chi connectivity index (χ1v) is 9.32. The van der Waals surface area contributed by atoms with Gasteiger partial charge in [-0.25, -0.2) is 4.79 Å². The number of benzene rings is 1. The van der Waals surface area contributed by atoms with Crippen molar-refractivity contribution in [3.05, 3.63) is 34.9 Å². The number of carboxylic acids is 1. The zero-order valence-electron chi connectivity index (χ0n) is 16.9. The molecule has 9 heteroatoms. The van der Waals surface area contributed by atoms with Crippen molar-refractivity contribution in [1.82, 2.24) is 9.80 Å². The molecule has 1 aromatic carbocycles. The molecule has 2 aliphatic heterocycles. The predicted octanol–water partition coefficient (Wildman–Crippen LogP) is 2.62. The van der Waals surface area contributed by atoms with Crippen LogP contribution in [0.15, 0.2) is 18.2 Å². The molecule has 1 aromatic rings. The molecule has 2 aliphatic rings. The molecular weight excluding hydrogens is 389 g/mol.